The van der Waals surface area contributed by atoms with E-state index >= 15 is 0 Å². The molecule has 0 spiro atoms. The molecular weight excluding hydrogens is 410 g/mol. The maximum atomic E-state index is 10.7. The predicted octanol–water partition coefficient (Wildman–Crippen LogP) is -0.0459. The second-order valence-electron chi connectivity index (χ2n) is 5.44. The molecule has 1 saturated heterocycles. The van der Waals surface area contributed by atoms with Crippen molar-refractivity contribution in [1.29, 1.82) is 0 Å². The number of hydrogen-bond donors (Lipinski definition) is 6. The number of aromatic amines is 1. The summed E-state index contributed by atoms with van der Waals surface area (Å²) in [7, 11) is 0. The van der Waals surface area contributed by atoms with Gasteiger partial charge in [0, 0.05) is 17.1 Å². The Bertz CT molecular complexity index is 743. The number of H-pyrrole nitrogens is 1. The summed E-state index contributed by atoms with van der Waals surface area (Å²) in [6.07, 6.45) is -4.67. The zero-order valence-electron chi connectivity index (χ0n) is 12.0. The second kappa shape index (κ2) is 6.11. The summed E-state index contributed by atoms with van der Waals surface area (Å²) in [6, 6.07) is 6.97. The van der Waals surface area contributed by atoms with Crippen LogP contribution in [0.2, 0.25) is 0 Å². The van der Waals surface area contributed by atoms with Crippen LogP contribution in [0.3, 0.4) is 0 Å². The van der Waals surface area contributed by atoms with E-state index in [4.69, 9.17) is 21.1 Å². The van der Waals surface area contributed by atoms with Crippen molar-refractivity contribution in [2.24, 2.45) is 0 Å². The molecule has 1 aliphatic heterocycles. The fourth-order valence-corrected chi connectivity index (χ4v) is 3.26. The van der Waals surface area contributed by atoms with Gasteiger partial charge in [-0.05, 0) is 28.1 Å². The summed E-state index contributed by atoms with van der Waals surface area (Å²) in [6.45, 7) is 0. The van der Waals surface area contributed by atoms with Crippen LogP contribution >= 0.6 is 27.5 Å². The number of aromatic nitrogens is 1. The van der Waals surface area contributed by atoms with Gasteiger partial charge in [-0.2, -0.15) is 0 Å². The Morgan fingerprint density at radius 3 is 2.62 bits per heavy atom. The normalized spacial score (nSPS) is 38.2. The molecular formula is C14H15BrClNO7. The number of halogens is 2. The van der Waals surface area contributed by atoms with E-state index in [0.29, 0.717) is 10.9 Å². The highest BCUT2D eigenvalue weighted by Crippen LogP contribution is 2.44. The quantitative estimate of drug-likeness (QED) is 0.300. The van der Waals surface area contributed by atoms with Crippen LogP contribution in [0.4, 0.5) is 0 Å². The van der Waals surface area contributed by atoms with Gasteiger partial charge in [-0.1, -0.05) is 23.7 Å². The highest BCUT2D eigenvalue weighted by molar-refractivity contribution is 9.10. The summed E-state index contributed by atoms with van der Waals surface area (Å²) in [5.41, 5.74) is -1.18. The molecule has 6 N–H and O–H groups in total. The SMILES string of the molecule is O[C@@H]1[C@@](O)(Oc2c[nH]c3ccccc23)[C@@H](O)[C@@H](O)O[C@]1(Br)[C@@H](O)Cl. The van der Waals surface area contributed by atoms with E-state index in [0.717, 1.165) is 0 Å². The van der Waals surface area contributed by atoms with Crippen LogP contribution in [-0.2, 0) is 4.74 Å². The van der Waals surface area contributed by atoms with Gasteiger partial charge in [-0.15, -0.1) is 0 Å². The van der Waals surface area contributed by atoms with Crippen molar-refractivity contribution in [3.63, 3.8) is 0 Å². The molecule has 3 rings (SSSR count). The predicted molar refractivity (Wildman–Crippen MR) is 86.5 cm³/mol. The molecule has 0 saturated carbocycles. The molecule has 0 bridgehead atoms. The summed E-state index contributed by atoms with van der Waals surface area (Å²) in [5, 5.41) is 51.2. The fraction of sp³-hybridized carbons (Fsp3) is 0.429. The van der Waals surface area contributed by atoms with E-state index in [1.165, 1.54) is 6.20 Å². The molecule has 8 nitrogen and oxygen atoms in total. The fourth-order valence-electron chi connectivity index (χ4n) is 2.57. The van der Waals surface area contributed by atoms with E-state index < -0.39 is 34.4 Å². The van der Waals surface area contributed by atoms with Crippen molar-refractivity contribution in [3.05, 3.63) is 30.5 Å². The van der Waals surface area contributed by atoms with E-state index in [1.807, 2.05) is 0 Å². The zero-order chi connectivity index (χ0) is 17.7. The minimum Gasteiger partial charge on any atom is -0.454 e. The minimum absolute atomic E-state index is 0.110. The average molecular weight is 425 g/mol. The van der Waals surface area contributed by atoms with Crippen molar-refractivity contribution in [3.8, 4) is 5.75 Å². The Kier molecular flexibility index (Phi) is 4.56. The highest BCUT2D eigenvalue weighted by Gasteiger charge is 2.65. The Hall–Kier alpha value is -0.910. The first kappa shape index (κ1) is 17.9. The Balaban J connectivity index is 2.02. The van der Waals surface area contributed by atoms with Crippen molar-refractivity contribution in [2.75, 3.05) is 0 Å². The van der Waals surface area contributed by atoms with Crippen LogP contribution in [0.15, 0.2) is 30.5 Å². The van der Waals surface area contributed by atoms with Gasteiger partial charge in [-0.3, -0.25) is 0 Å². The summed E-state index contributed by atoms with van der Waals surface area (Å²) < 4.78 is 8.15. The maximum Gasteiger partial charge on any atom is 0.269 e. The van der Waals surface area contributed by atoms with Crippen LogP contribution in [0.1, 0.15) is 0 Å². The average Bonchev–Trinajstić information content (AvgIpc) is 2.94. The lowest BCUT2D eigenvalue weighted by atomic mass is 9.94. The standard InChI is InChI=1S/C14H15BrClNO7/c15-13(12(16)21)11(20)14(22,9(18)10(19)24-13)23-8-5-17-7-4-2-1-3-6(7)8/h1-5,9-12,17-22H/t9-,10-,11-,12+,13-,14-/m0/s1. The number of benzene rings is 1. The molecule has 2 heterocycles. The number of nitrogens with one attached hydrogen (secondary N) is 1. The summed E-state index contributed by atoms with van der Waals surface area (Å²) >= 11 is 8.42. The van der Waals surface area contributed by atoms with Gasteiger partial charge in [0.05, 0.1) is 0 Å². The molecule has 0 unspecified atom stereocenters. The van der Waals surface area contributed by atoms with Crippen LogP contribution in [0.25, 0.3) is 10.9 Å². The maximum absolute atomic E-state index is 10.7. The number of hydrogen-bond acceptors (Lipinski definition) is 7. The topological polar surface area (TPSA) is 135 Å². The molecule has 1 aromatic carbocycles. The molecule has 1 fully saturated rings. The lowest BCUT2D eigenvalue weighted by molar-refractivity contribution is -0.380. The molecule has 1 aromatic heterocycles. The van der Waals surface area contributed by atoms with Crippen LogP contribution in [0.5, 0.6) is 5.75 Å². The number of aliphatic hydroxyl groups excluding tert-OH is 4. The lowest BCUT2D eigenvalue weighted by Crippen LogP contribution is -2.73. The largest absolute Gasteiger partial charge is 0.454 e. The summed E-state index contributed by atoms with van der Waals surface area (Å²) in [5.74, 6) is -2.61. The minimum atomic E-state index is -2.72. The van der Waals surface area contributed by atoms with Gasteiger partial charge >= 0.3 is 0 Å². The molecule has 0 aliphatic carbocycles. The van der Waals surface area contributed by atoms with Crippen LogP contribution in [0, 0.1) is 0 Å². The second-order valence-corrected chi connectivity index (χ2v) is 7.09. The third kappa shape index (κ3) is 2.61. The van der Waals surface area contributed by atoms with E-state index in [2.05, 4.69) is 20.9 Å². The lowest BCUT2D eigenvalue weighted by Gasteiger charge is -2.50. The molecule has 2 aromatic rings. The van der Waals surface area contributed by atoms with E-state index in [9.17, 15) is 25.5 Å². The Morgan fingerprint density at radius 1 is 1.29 bits per heavy atom. The Morgan fingerprint density at radius 2 is 1.96 bits per heavy atom. The molecule has 0 amide bonds. The van der Waals surface area contributed by atoms with Crippen LogP contribution < -0.4 is 4.74 Å². The molecule has 10 heteroatoms. The number of ether oxygens (including phenoxy) is 2. The van der Waals surface area contributed by atoms with Gasteiger partial charge in [0.15, 0.2) is 28.6 Å². The molecule has 132 valence electrons. The smallest absolute Gasteiger partial charge is 0.269 e. The first-order valence-corrected chi connectivity index (χ1v) is 8.13. The van der Waals surface area contributed by atoms with E-state index in [-0.39, 0.29) is 5.75 Å². The number of para-hydroxylation sites is 1. The van der Waals surface area contributed by atoms with Crippen LogP contribution in [-0.4, -0.2) is 64.9 Å². The number of fused-ring (bicyclic) bond motifs is 1. The third-order valence-electron chi connectivity index (χ3n) is 3.91. The Labute approximate surface area is 149 Å². The van der Waals surface area contributed by atoms with Crippen molar-refractivity contribution in [2.45, 2.75) is 34.4 Å². The van der Waals surface area contributed by atoms with Gasteiger partial charge in [0.25, 0.3) is 5.79 Å². The molecule has 6 atom stereocenters. The first-order chi connectivity index (χ1) is 11.2. The molecule has 0 radical (unpaired) electrons. The number of rotatable bonds is 3. The van der Waals surface area contributed by atoms with Gasteiger partial charge < -0.3 is 40.0 Å². The van der Waals surface area contributed by atoms with Gasteiger partial charge in [0.1, 0.15) is 5.75 Å². The van der Waals surface area contributed by atoms with Crippen molar-refractivity contribution >= 4 is 38.4 Å². The summed E-state index contributed by atoms with van der Waals surface area (Å²) in [4.78, 5) is 2.90. The first-order valence-electron chi connectivity index (χ1n) is 6.90. The number of alkyl halides is 2. The zero-order valence-corrected chi connectivity index (χ0v) is 14.3. The third-order valence-corrected chi connectivity index (χ3v) is 5.55. The van der Waals surface area contributed by atoms with Crippen molar-refractivity contribution < 1.29 is 35.0 Å². The van der Waals surface area contributed by atoms with E-state index in [1.54, 1.807) is 24.3 Å². The van der Waals surface area contributed by atoms with Crippen molar-refractivity contribution in [1.82, 2.24) is 4.98 Å². The number of aliphatic hydroxyl groups is 5. The highest BCUT2D eigenvalue weighted by atomic mass is 79.9. The molecule has 1 aliphatic rings. The monoisotopic (exact) mass is 423 g/mol. The van der Waals surface area contributed by atoms with Gasteiger partial charge in [-0.25, -0.2) is 0 Å². The molecule has 24 heavy (non-hydrogen) atoms. The van der Waals surface area contributed by atoms with Gasteiger partial charge in [0.2, 0.25) is 0 Å².